The van der Waals surface area contributed by atoms with Crippen LogP contribution < -0.4 is 15.6 Å². The lowest BCUT2D eigenvalue weighted by atomic mass is 10.0. The number of carbonyl (C=O) groups is 2. The molecule has 0 atom stereocenters. The lowest BCUT2D eigenvalue weighted by molar-refractivity contribution is -0.129. The minimum absolute atomic E-state index is 0.0997. The Morgan fingerprint density at radius 3 is 2.55 bits per heavy atom. The summed E-state index contributed by atoms with van der Waals surface area (Å²) in [5.74, 6) is -0.375. The summed E-state index contributed by atoms with van der Waals surface area (Å²) in [6.07, 6.45) is 4.96. The zero-order valence-corrected chi connectivity index (χ0v) is 15.7. The van der Waals surface area contributed by atoms with Crippen LogP contribution in [0.5, 0.6) is 5.75 Å². The number of hydrogen-bond donors (Lipinski definition) is 2. The smallest absolute Gasteiger partial charge is 0.276 e. The third kappa shape index (κ3) is 4.22. The van der Waals surface area contributed by atoms with E-state index in [1.54, 1.807) is 30.5 Å². The van der Waals surface area contributed by atoms with Crippen molar-refractivity contribution in [1.29, 1.82) is 5.26 Å². The number of ether oxygens (including phenoxy) is 1. The Hall–Kier alpha value is -3.79. The van der Waals surface area contributed by atoms with Gasteiger partial charge < -0.3 is 9.15 Å². The molecule has 0 aliphatic heterocycles. The molecule has 2 aromatic carbocycles. The fourth-order valence-corrected chi connectivity index (χ4v) is 3.45. The summed E-state index contributed by atoms with van der Waals surface area (Å²) in [6, 6.07) is 12.6. The van der Waals surface area contributed by atoms with Crippen molar-refractivity contribution in [2.45, 2.75) is 25.7 Å². The van der Waals surface area contributed by atoms with Gasteiger partial charge in [0.1, 0.15) is 11.3 Å². The van der Waals surface area contributed by atoms with E-state index in [0.29, 0.717) is 11.3 Å². The molecule has 2 N–H and O–H groups in total. The maximum atomic E-state index is 12.2. The lowest BCUT2D eigenvalue weighted by Gasteiger charge is -2.08. The maximum absolute atomic E-state index is 12.2. The highest BCUT2D eigenvalue weighted by Gasteiger charge is 2.17. The van der Waals surface area contributed by atoms with Gasteiger partial charge in [0.05, 0.1) is 24.3 Å². The molecule has 7 nitrogen and oxygen atoms in total. The predicted octanol–water partition coefficient (Wildman–Crippen LogP) is 2.56. The molecule has 0 unspecified atom stereocenters. The Morgan fingerprint density at radius 1 is 1.07 bits per heavy atom. The van der Waals surface area contributed by atoms with Crippen LogP contribution in [0.1, 0.15) is 28.7 Å². The molecule has 1 aliphatic carbocycles. The highest BCUT2D eigenvalue weighted by molar-refractivity contribution is 5.89. The number of hydrazine groups is 1. The number of carbonyl (C=O) groups excluding carboxylic acids is 2. The molecule has 0 bridgehead atoms. The van der Waals surface area contributed by atoms with Crippen molar-refractivity contribution in [2.24, 2.45) is 0 Å². The second kappa shape index (κ2) is 8.07. The van der Waals surface area contributed by atoms with Gasteiger partial charge in [0.2, 0.25) is 5.91 Å². The Labute approximate surface area is 167 Å². The van der Waals surface area contributed by atoms with Crippen molar-refractivity contribution < 1.29 is 18.7 Å². The van der Waals surface area contributed by atoms with Crippen LogP contribution in [0.25, 0.3) is 11.0 Å². The molecule has 3 aromatic rings. The molecule has 146 valence electrons. The van der Waals surface area contributed by atoms with Crippen LogP contribution in [-0.4, -0.2) is 18.4 Å². The van der Waals surface area contributed by atoms with Crippen molar-refractivity contribution in [2.75, 3.05) is 6.61 Å². The van der Waals surface area contributed by atoms with Crippen molar-refractivity contribution in [3.63, 3.8) is 0 Å². The summed E-state index contributed by atoms with van der Waals surface area (Å²) >= 11 is 0. The van der Waals surface area contributed by atoms with E-state index in [-0.39, 0.29) is 18.9 Å². The first-order valence-corrected chi connectivity index (χ1v) is 9.35. The number of fused-ring (bicyclic) bond motifs is 2. The van der Waals surface area contributed by atoms with E-state index >= 15 is 0 Å². The van der Waals surface area contributed by atoms with Crippen molar-refractivity contribution in [3.05, 3.63) is 64.9 Å². The Bertz CT molecular complexity index is 1110. The van der Waals surface area contributed by atoms with E-state index in [2.05, 4.69) is 23.0 Å². The van der Waals surface area contributed by atoms with Gasteiger partial charge in [-0.05, 0) is 66.8 Å². The van der Waals surface area contributed by atoms with Gasteiger partial charge in [-0.3, -0.25) is 20.4 Å². The van der Waals surface area contributed by atoms with Crippen LogP contribution in [0.4, 0.5) is 0 Å². The van der Waals surface area contributed by atoms with Gasteiger partial charge in [-0.2, -0.15) is 5.26 Å². The van der Waals surface area contributed by atoms with Crippen molar-refractivity contribution >= 4 is 22.8 Å². The zero-order chi connectivity index (χ0) is 20.2. The first-order chi connectivity index (χ1) is 14.1. The minimum Gasteiger partial charge on any atom is -0.484 e. The molecule has 0 radical (unpaired) electrons. The SMILES string of the molecule is N#Cc1ccc(OCC(=O)NNC(=O)Cc2coc3cc4c(cc23)CCC4)cc1. The van der Waals surface area contributed by atoms with Gasteiger partial charge >= 0.3 is 0 Å². The summed E-state index contributed by atoms with van der Waals surface area (Å²) in [5.41, 5.74) is 9.43. The molecule has 1 aromatic heterocycles. The topological polar surface area (TPSA) is 104 Å². The largest absolute Gasteiger partial charge is 0.484 e. The molecular formula is C22H19N3O4. The van der Waals surface area contributed by atoms with E-state index in [1.807, 2.05) is 6.07 Å². The van der Waals surface area contributed by atoms with E-state index in [0.717, 1.165) is 35.8 Å². The number of benzene rings is 2. The number of rotatable bonds is 5. The van der Waals surface area contributed by atoms with E-state index in [4.69, 9.17) is 14.4 Å². The second-order valence-corrected chi connectivity index (χ2v) is 6.93. The molecule has 0 saturated heterocycles. The highest BCUT2D eigenvalue weighted by atomic mass is 16.5. The third-order valence-electron chi connectivity index (χ3n) is 4.91. The monoisotopic (exact) mass is 389 g/mol. The number of nitriles is 1. The Kier molecular flexibility index (Phi) is 5.16. The van der Waals surface area contributed by atoms with Crippen LogP contribution in [0.3, 0.4) is 0 Å². The summed E-state index contributed by atoms with van der Waals surface area (Å²) in [5, 5.41) is 9.70. The van der Waals surface area contributed by atoms with Gasteiger partial charge in [0.15, 0.2) is 6.61 Å². The molecule has 29 heavy (non-hydrogen) atoms. The lowest BCUT2D eigenvalue weighted by Crippen LogP contribution is -2.44. The first kappa shape index (κ1) is 18.6. The van der Waals surface area contributed by atoms with Gasteiger partial charge in [-0.1, -0.05) is 0 Å². The van der Waals surface area contributed by atoms with Gasteiger partial charge in [0, 0.05) is 10.9 Å². The molecule has 4 rings (SSSR count). The van der Waals surface area contributed by atoms with Crippen molar-refractivity contribution in [1.82, 2.24) is 10.9 Å². The average Bonchev–Trinajstić information content (AvgIpc) is 3.36. The fraction of sp³-hybridized carbons (Fsp3) is 0.227. The number of nitrogens with zero attached hydrogens (tertiary/aromatic N) is 1. The standard InChI is InChI=1S/C22H19N3O4/c23-11-14-4-6-18(7-5-14)28-13-22(27)25-24-21(26)10-17-12-29-20-9-16-3-1-2-15(16)8-19(17)20/h4-9,12H,1-3,10,13H2,(H,24,26)(H,25,27). The summed E-state index contributed by atoms with van der Waals surface area (Å²) in [7, 11) is 0. The van der Waals surface area contributed by atoms with Crippen LogP contribution >= 0.6 is 0 Å². The molecule has 0 saturated carbocycles. The quantitative estimate of drug-likeness (QED) is 0.653. The Balaban J connectivity index is 1.28. The zero-order valence-electron chi connectivity index (χ0n) is 15.7. The number of nitrogens with one attached hydrogen (secondary N) is 2. The normalized spacial score (nSPS) is 12.2. The van der Waals surface area contributed by atoms with E-state index in [9.17, 15) is 9.59 Å². The molecule has 2 amide bonds. The fourth-order valence-electron chi connectivity index (χ4n) is 3.45. The van der Waals surface area contributed by atoms with E-state index in [1.165, 1.54) is 11.1 Å². The Morgan fingerprint density at radius 2 is 1.79 bits per heavy atom. The van der Waals surface area contributed by atoms with Crippen LogP contribution in [-0.2, 0) is 28.9 Å². The molecule has 0 fully saturated rings. The maximum Gasteiger partial charge on any atom is 0.276 e. The van der Waals surface area contributed by atoms with Crippen LogP contribution in [0, 0.1) is 11.3 Å². The average molecular weight is 389 g/mol. The first-order valence-electron chi connectivity index (χ1n) is 9.35. The number of amides is 2. The molecule has 1 heterocycles. The number of furan rings is 1. The number of aryl methyl sites for hydroxylation is 2. The van der Waals surface area contributed by atoms with Crippen LogP contribution in [0.2, 0.25) is 0 Å². The predicted molar refractivity (Wildman–Crippen MR) is 105 cm³/mol. The summed E-state index contributed by atoms with van der Waals surface area (Å²) in [4.78, 5) is 24.1. The van der Waals surface area contributed by atoms with E-state index < -0.39 is 5.91 Å². The third-order valence-corrected chi connectivity index (χ3v) is 4.91. The van der Waals surface area contributed by atoms with Crippen molar-refractivity contribution in [3.8, 4) is 11.8 Å². The second-order valence-electron chi connectivity index (χ2n) is 6.93. The summed E-state index contributed by atoms with van der Waals surface area (Å²) < 4.78 is 10.9. The number of hydrogen-bond acceptors (Lipinski definition) is 5. The molecular weight excluding hydrogens is 370 g/mol. The molecule has 1 aliphatic rings. The summed E-state index contributed by atoms with van der Waals surface area (Å²) in [6.45, 7) is -0.257. The van der Waals surface area contributed by atoms with Crippen LogP contribution in [0.15, 0.2) is 47.1 Å². The minimum atomic E-state index is -0.488. The van der Waals surface area contributed by atoms with Gasteiger partial charge in [-0.15, -0.1) is 0 Å². The highest BCUT2D eigenvalue weighted by Crippen LogP contribution is 2.30. The van der Waals surface area contributed by atoms with Gasteiger partial charge in [0.25, 0.3) is 5.91 Å². The van der Waals surface area contributed by atoms with Gasteiger partial charge in [-0.25, -0.2) is 0 Å². The molecule has 7 heteroatoms. The molecule has 0 spiro atoms.